The van der Waals surface area contributed by atoms with Crippen LogP contribution in [0.4, 0.5) is 0 Å². The summed E-state index contributed by atoms with van der Waals surface area (Å²) in [6.07, 6.45) is 9.36. The van der Waals surface area contributed by atoms with E-state index in [1.165, 1.54) is 17.7 Å². The highest BCUT2D eigenvalue weighted by Crippen LogP contribution is 2.23. The maximum Gasteiger partial charge on any atom is 0.261 e. The first-order valence-electron chi connectivity index (χ1n) is 10.4. The van der Waals surface area contributed by atoms with Gasteiger partial charge in [-0.2, -0.15) is 0 Å². The molecule has 0 bridgehead atoms. The molecule has 1 N–H and O–H groups in total. The third-order valence-electron chi connectivity index (χ3n) is 5.62. The molecule has 1 aliphatic heterocycles. The lowest BCUT2D eigenvalue weighted by atomic mass is 10.1. The van der Waals surface area contributed by atoms with E-state index < -0.39 is 10.0 Å². The fourth-order valence-electron chi connectivity index (χ4n) is 4.07. The minimum atomic E-state index is -3.22. The summed E-state index contributed by atoms with van der Waals surface area (Å²) in [6, 6.07) is 6.98. The Morgan fingerprint density at radius 3 is 2.04 bits per heavy atom. The molecule has 7 heteroatoms. The smallest absolute Gasteiger partial charge is 0.261 e. The summed E-state index contributed by atoms with van der Waals surface area (Å²) in [5, 5.41) is 0. The van der Waals surface area contributed by atoms with Crippen LogP contribution in [0.3, 0.4) is 0 Å². The zero-order chi connectivity index (χ0) is 20.0. The van der Waals surface area contributed by atoms with Gasteiger partial charge in [0.2, 0.25) is 10.0 Å². The van der Waals surface area contributed by atoms with Crippen LogP contribution in [-0.2, 0) is 10.0 Å². The van der Waals surface area contributed by atoms with Crippen molar-refractivity contribution in [3.63, 3.8) is 0 Å². The summed E-state index contributed by atoms with van der Waals surface area (Å²) in [6.45, 7) is 0.388. The number of rotatable bonds is 9. The average Bonchev–Trinajstić information content (AvgIpc) is 2.84. The zero-order valence-electron chi connectivity index (χ0n) is 16.4. The Kier molecular flexibility index (Phi) is 7.24. The molecule has 1 aromatic carbocycles. The molecule has 1 saturated carbocycles. The van der Waals surface area contributed by atoms with Gasteiger partial charge in [0.1, 0.15) is 0 Å². The SMILES string of the molecule is O=C1c2ccccc2C(=O)N1CCCCCCS(=O)(=O)NC1CCCCCC1. The minimum Gasteiger partial charge on any atom is -0.274 e. The van der Waals surface area contributed by atoms with Crippen LogP contribution < -0.4 is 4.72 Å². The summed E-state index contributed by atoms with van der Waals surface area (Å²) < 4.78 is 27.4. The number of hydrogen-bond donors (Lipinski definition) is 1. The molecular weight excluding hydrogens is 376 g/mol. The molecule has 0 atom stereocenters. The number of benzene rings is 1. The second-order valence-corrected chi connectivity index (χ2v) is 9.72. The fraction of sp³-hybridized carbons (Fsp3) is 0.619. The highest BCUT2D eigenvalue weighted by Gasteiger charge is 2.34. The van der Waals surface area contributed by atoms with Gasteiger partial charge in [0.15, 0.2) is 0 Å². The van der Waals surface area contributed by atoms with Crippen molar-refractivity contribution in [1.82, 2.24) is 9.62 Å². The third-order valence-corrected chi connectivity index (χ3v) is 7.14. The van der Waals surface area contributed by atoms with Crippen molar-refractivity contribution in [2.45, 2.75) is 70.3 Å². The summed E-state index contributed by atoms with van der Waals surface area (Å²) in [4.78, 5) is 25.9. The van der Waals surface area contributed by atoms with Crippen LogP contribution in [0.5, 0.6) is 0 Å². The van der Waals surface area contributed by atoms with Crippen molar-refractivity contribution in [3.8, 4) is 0 Å². The first-order valence-corrected chi connectivity index (χ1v) is 12.1. The second kappa shape index (κ2) is 9.65. The largest absolute Gasteiger partial charge is 0.274 e. The van der Waals surface area contributed by atoms with E-state index in [9.17, 15) is 18.0 Å². The molecule has 1 fully saturated rings. The predicted molar refractivity (Wildman–Crippen MR) is 109 cm³/mol. The maximum absolute atomic E-state index is 12.3. The molecule has 0 spiro atoms. The van der Waals surface area contributed by atoms with E-state index in [1.807, 2.05) is 0 Å². The molecule has 0 aromatic heterocycles. The van der Waals surface area contributed by atoms with E-state index in [2.05, 4.69) is 4.72 Å². The van der Waals surface area contributed by atoms with Gasteiger partial charge in [0, 0.05) is 12.6 Å². The van der Waals surface area contributed by atoms with Crippen LogP contribution >= 0.6 is 0 Å². The number of nitrogens with one attached hydrogen (secondary N) is 1. The molecule has 2 aliphatic rings. The van der Waals surface area contributed by atoms with Crippen LogP contribution in [0.2, 0.25) is 0 Å². The molecule has 3 rings (SSSR count). The zero-order valence-corrected chi connectivity index (χ0v) is 17.2. The first-order chi connectivity index (χ1) is 13.5. The lowest BCUT2D eigenvalue weighted by Gasteiger charge is -2.16. The number of carbonyl (C=O) groups is 2. The van der Waals surface area contributed by atoms with Crippen molar-refractivity contribution >= 4 is 21.8 Å². The van der Waals surface area contributed by atoms with Gasteiger partial charge in [-0.25, -0.2) is 13.1 Å². The predicted octanol–water partition coefficient (Wildman–Crippen LogP) is 3.49. The van der Waals surface area contributed by atoms with Crippen LogP contribution in [0.25, 0.3) is 0 Å². The quantitative estimate of drug-likeness (QED) is 0.387. The monoisotopic (exact) mass is 406 g/mol. The van der Waals surface area contributed by atoms with Crippen molar-refractivity contribution in [3.05, 3.63) is 35.4 Å². The topological polar surface area (TPSA) is 83.6 Å². The number of nitrogens with zero attached hydrogens (tertiary/aromatic N) is 1. The molecule has 1 heterocycles. The molecule has 0 radical (unpaired) electrons. The van der Waals surface area contributed by atoms with Gasteiger partial charge >= 0.3 is 0 Å². The number of amides is 2. The molecule has 0 saturated heterocycles. The summed E-state index contributed by atoms with van der Waals surface area (Å²) in [5.74, 6) is -0.303. The summed E-state index contributed by atoms with van der Waals surface area (Å²) >= 11 is 0. The molecule has 154 valence electrons. The highest BCUT2D eigenvalue weighted by molar-refractivity contribution is 7.89. The minimum absolute atomic E-state index is 0.0984. The van der Waals surface area contributed by atoms with Gasteiger partial charge in [-0.05, 0) is 37.8 Å². The van der Waals surface area contributed by atoms with E-state index in [0.717, 1.165) is 38.5 Å². The van der Waals surface area contributed by atoms with E-state index >= 15 is 0 Å². The fourth-order valence-corrected chi connectivity index (χ4v) is 5.51. The Morgan fingerprint density at radius 2 is 1.43 bits per heavy atom. The normalized spacial score (nSPS) is 18.4. The van der Waals surface area contributed by atoms with Gasteiger partial charge in [0.25, 0.3) is 11.8 Å². The Hall–Kier alpha value is -1.73. The van der Waals surface area contributed by atoms with Gasteiger partial charge in [-0.1, -0.05) is 50.7 Å². The van der Waals surface area contributed by atoms with E-state index in [4.69, 9.17) is 0 Å². The highest BCUT2D eigenvalue weighted by atomic mass is 32.2. The van der Waals surface area contributed by atoms with Gasteiger partial charge in [-0.15, -0.1) is 0 Å². The van der Waals surface area contributed by atoms with Crippen molar-refractivity contribution in [2.75, 3.05) is 12.3 Å². The molecule has 2 amide bonds. The number of sulfonamides is 1. The number of unbranched alkanes of at least 4 members (excludes halogenated alkanes) is 3. The van der Waals surface area contributed by atoms with E-state index in [-0.39, 0.29) is 23.6 Å². The van der Waals surface area contributed by atoms with Crippen molar-refractivity contribution in [2.24, 2.45) is 0 Å². The van der Waals surface area contributed by atoms with E-state index in [0.29, 0.717) is 30.5 Å². The molecule has 6 nitrogen and oxygen atoms in total. The molecule has 1 aromatic rings. The Bertz CT molecular complexity index is 763. The molecule has 0 unspecified atom stereocenters. The van der Waals surface area contributed by atoms with Crippen molar-refractivity contribution in [1.29, 1.82) is 0 Å². The first kappa shape index (κ1) is 21.0. The van der Waals surface area contributed by atoms with Gasteiger partial charge in [-0.3, -0.25) is 14.5 Å². The van der Waals surface area contributed by atoms with Gasteiger partial charge in [0.05, 0.1) is 16.9 Å². The standard InChI is InChI=1S/C21H30N2O4S/c24-20-18-13-7-8-14-19(18)21(25)23(20)15-9-3-4-10-16-28(26,27)22-17-11-5-1-2-6-12-17/h7-8,13-14,17,22H,1-6,9-12,15-16H2. The lowest BCUT2D eigenvalue weighted by molar-refractivity contribution is 0.0651. The second-order valence-electron chi connectivity index (χ2n) is 7.85. The van der Waals surface area contributed by atoms with Crippen LogP contribution in [0.15, 0.2) is 24.3 Å². The Morgan fingerprint density at radius 1 is 0.857 bits per heavy atom. The summed E-state index contributed by atoms with van der Waals surface area (Å²) in [5.41, 5.74) is 0.950. The number of hydrogen-bond acceptors (Lipinski definition) is 4. The Labute approximate surface area is 167 Å². The average molecular weight is 407 g/mol. The Balaban J connectivity index is 1.34. The number of imide groups is 1. The summed E-state index contributed by atoms with van der Waals surface area (Å²) in [7, 11) is -3.22. The molecular formula is C21H30N2O4S. The molecule has 28 heavy (non-hydrogen) atoms. The number of carbonyl (C=O) groups excluding carboxylic acids is 2. The van der Waals surface area contributed by atoms with Gasteiger partial charge < -0.3 is 0 Å². The van der Waals surface area contributed by atoms with E-state index in [1.54, 1.807) is 24.3 Å². The van der Waals surface area contributed by atoms with Crippen LogP contribution in [-0.4, -0.2) is 43.5 Å². The van der Waals surface area contributed by atoms with Crippen LogP contribution in [0, 0.1) is 0 Å². The third kappa shape index (κ3) is 5.41. The van der Waals surface area contributed by atoms with Crippen molar-refractivity contribution < 1.29 is 18.0 Å². The lowest BCUT2D eigenvalue weighted by Crippen LogP contribution is -2.36. The van der Waals surface area contributed by atoms with Crippen LogP contribution in [0.1, 0.15) is 84.9 Å². The molecule has 1 aliphatic carbocycles. The number of fused-ring (bicyclic) bond motifs is 1. The maximum atomic E-state index is 12.3.